The van der Waals surface area contributed by atoms with E-state index in [-0.39, 0.29) is 11.4 Å². The van der Waals surface area contributed by atoms with Crippen LogP contribution in [-0.4, -0.2) is 18.8 Å². The van der Waals surface area contributed by atoms with Crippen molar-refractivity contribution in [2.45, 2.75) is 45.6 Å². The third-order valence-corrected chi connectivity index (χ3v) is 5.14. The van der Waals surface area contributed by atoms with Gasteiger partial charge in [0, 0.05) is 30.1 Å². The summed E-state index contributed by atoms with van der Waals surface area (Å²) in [7, 11) is 2.05. The molecule has 0 amide bonds. The minimum Gasteiger partial charge on any atom is -0.369 e. The molecule has 1 aliphatic heterocycles. The quantitative estimate of drug-likeness (QED) is 0.656. The molecule has 1 atom stereocenters. The number of hydrogen-bond donors (Lipinski definition) is 0. The Labute approximate surface area is 144 Å². The highest BCUT2D eigenvalue weighted by atomic mass is 19.1. The van der Waals surface area contributed by atoms with Crippen LogP contribution in [0.4, 0.5) is 15.8 Å². The highest BCUT2D eigenvalue weighted by Crippen LogP contribution is 2.43. The van der Waals surface area contributed by atoms with E-state index < -0.39 is 0 Å². The second-order valence-electron chi connectivity index (χ2n) is 7.50. The van der Waals surface area contributed by atoms with Gasteiger partial charge in [0.05, 0.1) is 5.69 Å². The number of rotatable bonds is 2. The van der Waals surface area contributed by atoms with Crippen LogP contribution in [0, 0.1) is 12.7 Å². The van der Waals surface area contributed by atoms with E-state index in [1.165, 1.54) is 11.1 Å². The topological polar surface area (TPSA) is 15.6 Å². The third-order valence-electron chi connectivity index (χ3n) is 5.14. The zero-order valence-electron chi connectivity index (χ0n) is 15.1. The summed E-state index contributed by atoms with van der Waals surface area (Å²) in [6.07, 6.45) is 2.68. The molecule has 0 bridgehead atoms. The van der Waals surface area contributed by atoms with Crippen molar-refractivity contribution in [1.82, 2.24) is 0 Å². The minimum atomic E-state index is -0.221. The fourth-order valence-corrected chi connectivity index (χ4v) is 3.48. The number of halogens is 1. The molecule has 0 radical (unpaired) electrons. The van der Waals surface area contributed by atoms with Crippen molar-refractivity contribution in [3.63, 3.8) is 0 Å². The van der Waals surface area contributed by atoms with Gasteiger partial charge in [0.25, 0.3) is 0 Å². The number of anilines is 1. The summed E-state index contributed by atoms with van der Waals surface area (Å²) in [5.41, 5.74) is 4.80. The number of aliphatic imine (C=N–C) groups is 1. The van der Waals surface area contributed by atoms with Crippen LogP contribution < -0.4 is 4.90 Å². The summed E-state index contributed by atoms with van der Waals surface area (Å²) in [5.74, 6) is 0.180. The number of hydrogen-bond acceptors (Lipinski definition) is 2. The van der Waals surface area contributed by atoms with Gasteiger partial charge in [0.1, 0.15) is 5.82 Å². The van der Waals surface area contributed by atoms with E-state index in [0.717, 1.165) is 17.8 Å². The summed E-state index contributed by atoms with van der Waals surface area (Å²) < 4.78 is 14.6. The van der Waals surface area contributed by atoms with Crippen molar-refractivity contribution in [2.75, 3.05) is 11.9 Å². The van der Waals surface area contributed by atoms with Crippen molar-refractivity contribution >= 4 is 17.6 Å². The zero-order chi connectivity index (χ0) is 17.5. The first-order valence-corrected chi connectivity index (χ1v) is 8.46. The Balaban J connectivity index is 1.97. The molecule has 0 fully saturated rings. The highest BCUT2D eigenvalue weighted by molar-refractivity contribution is 5.84. The maximum atomic E-state index is 14.6. The molecule has 2 aromatic carbocycles. The first kappa shape index (κ1) is 16.7. The van der Waals surface area contributed by atoms with Crippen LogP contribution in [0.15, 0.2) is 41.4 Å². The average molecular weight is 324 g/mol. The Morgan fingerprint density at radius 1 is 1.21 bits per heavy atom. The number of fused-ring (bicyclic) bond motifs is 1. The third kappa shape index (κ3) is 3.08. The SMILES string of the molecule is Cc1ccc(N=Cc2cc3c(cc2F)N(C)C(C)(C)CC3C)cc1. The lowest BCUT2D eigenvalue weighted by atomic mass is 9.80. The Morgan fingerprint density at radius 2 is 1.88 bits per heavy atom. The molecule has 126 valence electrons. The van der Waals surface area contributed by atoms with Crippen molar-refractivity contribution < 1.29 is 4.39 Å². The molecule has 1 unspecified atom stereocenters. The first-order chi connectivity index (χ1) is 11.3. The highest BCUT2D eigenvalue weighted by Gasteiger charge is 2.34. The predicted molar refractivity (Wildman–Crippen MR) is 100 cm³/mol. The molecule has 0 saturated heterocycles. The molecule has 3 heteroatoms. The fourth-order valence-electron chi connectivity index (χ4n) is 3.48. The van der Waals surface area contributed by atoms with E-state index in [0.29, 0.717) is 11.5 Å². The number of nitrogens with zero attached hydrogens (tertiary/aromatic N) is 2. The maximum absolute atomic E-state index is 14.6. The van der Waals surface area contributed by atoms with E-state index in [1.54, 1.807) is 12.3 Å². The van der Waals surface area contributed by atoms with Gasteiger partial charge in [-0.1, -0.05) is 24.6 Å². The first-order valence-electron chi connectivity index (χ1n) is 8.46. The molecule has 1 heterocycles. The molecule has 0 saturated carbocycles. The van der Waals surface area contributed by atoms with Gasteiger partial charge in [0.2, 0.25) is 0 Å². The van der Waals surface area contributed by atoms with Gasteiger partial charge in [0.15, 0.2) is 0 Å². The summed E-state index contributed by atoms with van der Waals surface area (Å²) in [6.45, 7) is 8.66. The largest absolute Gasteiger partial charge is 0.369 e. The Morgan fingerprint density at radius 3 is 2.54 bits per heavy atom. The minimum absolute atomic E-state index is 0.0381. The molecule has 0 aliphatic carbocycles. The summed E-state index contributed by atoms with van der Waals surface area (Å²) >= 11 is 0. The number of benzene rings is 2. The van der Waals surface area contributed by atoms with Gasteiger partial charge in [-0.2, -0.15) is 0 Å². The second kappa shape index (κ2) is 6.04. The van der Waals surface area contributed by atoms with Crippen molar-refractivity contribution in [2.24, 2.45) is 4.99 Å². The number of aryl methyl sites for hydroxylation is 1. The lowest BCUT2D eigenvalue weighted by Gasteiger charge is -2.45. The van der Waals surface area contributed by atoms with Crippen LogP contribution in [0.5, 0.6) is 0 Å². The van der Waals surface area contributed by atoms with Gasteiger partial charge in [-0.05, 0) is 62.9 Å². The molecule has 0 N–H and O–H groups in total. The predicted octanol–water partition coefficient (Wildman–Crippen LogP) is 5.61. The molecule has 2 nitrogen and oxygen atoms in total. The Hall–Kier alpha value is -2.16. The molecular weight excluding hydrogens is 299 g/mol. The van der Waals surface area contributed by atoms with Crippen molar-refractivity contribution in [1.29, 1.82) is 0 Å². The maximum Gasteiger partial charge on any atom is 0.134 e. The zero-order valence-corrected chi connectivity index (χ0v) is 15.1. The lowest BCUT2D eigenvalue weighted by Crippen LogP contribution is -2.45. The van der Waals surface area contributed by atoms with E-state index in [9.17, 15) is 4.39 Å². The Bertz CT molecular complexity index is 775. The summed E-state index contributed by atoms with van der Waals surface area (Å²) in [5, 5.41) is 0. The van der Waals surface area contributed by atoms with Crippen LogP contribution in [0.1, 0.15) is 49.8 Å². The normalized spacial score (nSPS) is 19.6. The average Bonchev–Trinajstić information content (AvgIpc) is 2.52. The van der Waals surface area contributed by atoms with Crippen molar-refractivity contribution in [3.8, 4) is 0 Å². The second-order valence-corrected chi connectivity index (χ2v) is 7.50. The molecule has 2 aromatic rings. The summed E-state index contributed by atoms with van der Waals surface area (Å²) in [6, 6.07) is 11.5. The van der Waals surface area contributed by atoms with E-state index >= 15 is 0 Å². The van der Waals surface area contributed by atoms with Gasteiger partial charge >= 0.3 is 0 Å². The van der Waals surface area contributed by atoms with Crippen LogP contribution in [-0.2, 0) is 0 Å². The van der Waals surface area contributed by atoms with E-state index in [2.05, 4.69) is 30.7 Å². The molecule has 1 aliphatic rings. The van der Waals surface area contributed by atoms with Crippen LogP contribution >= 0.6 is 0 Å². The van der Waals surface area contributed by atoms with Gasteiger partial charge in [-0.3, -0.25) is 4.99 Å². The molecule has 24 heavy (non-hydrogen) atoms. The monoisotopic (exact) mass is 324 g/mol. The van der Waals surface area contributed by atoms with Crippen LogP contribution in [0.3, 0.4) is 0 Å². The van der Waals surface area contributed by atoms with Crippen LogP contribution in [0.25, 0.3) is 0 Å². The van der Waals surface area contributed by atoms with Crippen molar-refractivity contribution in [3.05, 3.63) is 58.9 Å². The van der Waals surface area contributed by atoms with E-state index in [1.807, 2.05) is 44.3 Å². The van der Waals surface area contributed by atoms with Gasteiger partial charge < -0.3 is 4.90 Å². The fraction of sp³-hybridized carbons (Fsp3) is 0.381. The molecule has 0 aromatic heterocycles. The van der Waals surface area contributed by atoms with Gasteiger partial charge in [-0.25, -0.2) is 4.39 Å². The summed E-state index contributed by atoms with van der Waals surface area (Å²) in [4.78, 5) is 6.61. The standard InChI is InChI=1S/C21H25FN2/c1-14-6-8-17(9-7-14)23-13-16-10-18-15(2)12-21(3,4)24(5)20(18)11-19(16)22/h6-11,13,15H,12H2,1-5H3. The molecule has 3 rings (SSSR count). The smallest absolute Gasteiger partial charge is 0.134 e. The molecule has 0 spiro atoms. The van der Waals surface area contributed by atoms with Crippen LogP contribution in [0.2, 0.25) is 0 Å². The Kier molecular flexibility index (Phi) is 4.20. The molecular formula is C21H25FN2. The van der Waals surface area contributed by atoms with E-state index in [4.69, 9.17) is 0 Å². The lowest BCUT2D eigenvalue weighted by molar-refractivity contribution is 0.394. The van der Waals surface area contributed by atoms with Gasteiger partial charge in [-0.15, -0.1) is 0 Å².